The second-order valence-corrected chi connectivity index (χ2v) is 4.25. The highest BCUT2D eigenvalue weighted by Crippen LogP contribution is 2.16. The van der Waals surface area contributed by atoms with Crippen LogP contribution in [0.1, 0.15) is 0 Å². The van der Waals surface area contributed by atoms with Crippen LogP contribution in [0.2, 0.25) is 0 Å². The lowest BCUT2D eigenvalue weighted by Crippen LogP contribution is -2.11. The molecule has 0 radical (unpaired) electrons. The molecule has 3 aromatic rings. The number of hydrogen-bond acceptors (Lipinski definition) is 4. The number of nitrogens with zero attached hydrogens (tertiary/aromatic N) is 3. The van der Waals surface area contributed by atoms with E-state index in [2.05, 4.69) is 9.97 Å². The van der Waals surface area contributed by atoms with Crippen LogP contribution >= 0.6 is 11.5 Å². The highest BCUT2D eigenvalue weighted by Gasteiger charge is 2.09. The molecule has 3 rings (SSSR count). The molecule has 0 saturated carbocycles. The van der Waals surface area contributed by atoms with Crippen LogP contribution in [-0.2, 0) is 0 Å². The molecule has 2 heterocycles. The first-order valence-corrected chi connectivity index (χ1v) is 5.51. The van der Waals surface area contributed by atoms with Crippen molar-refractivity contribution < 1.29 is 0 Å². The lowest BCUT2D eigenvalue weighted by molar-refractivity contribution is 1.13. The summed E-state index contributed by atoms with van der Waals surface area (Å²) >= 11 is 1.36. The summed E-state index contributed by atoms with van der Waals surface area (Å²) in [5, 5.41) is 0. The zero-order valence-corrected chi connectivity index (χ0v) is 9.02. The first-order chi connectivity index (χ1) is 7.86. The first kappa shape index (κ1) is 9.23. The normalized spacial score (nSPS) is 10.8. The molecular weight excluding hydrogens is 222 g/mol. The molecule has 0 aliphatic rings. The average Bonchev–Trinajstić information content (AvgIpc) is 2.69. The standard InChI is InChI=1S/C11H7N3OS/c15-11-10-9(6-12-7-13-10)16-14(11)8-4-2-1-3-5-8/h1-7H. The largest absolute Gasteiger partial charge is 0.291 e. The van der Waals surface area contributed by atoms with E-state index in [0.29, 0.717) is 5.52 Å². The first-order valence-electron chi connectivity index (χ1n) is 4.74. The molecule has 0 spiro atoms. The second-order valence-electron chi connectivity index (χ2n) is 3.26. The fourth-order valence-corrected chi connectivity index (χ4v) is 2.44. The van der Waals surface area contributed by atoms with Crippen molar-refractivity contribution in [3.8, 4) is 5.69 Å². The Morgan fingerprint density at radius 3 is 2.75 bits per heavy atom. The van der Waals surface area contributed by atoms with Gasteiger partial charge in [0.2, 0.25) is 0 Å². The summed E-state index contributed by atoms with van der Waals surface area (Å²) in [6.07, 6.45) is 3.06. The molecule has 0 unspecified atom stereocenters. The van der Waals surface area contributed by atoms with Crippen LogP contribution in [-0.4, -0.2) is 13.9 Å². The van der Waals surface area contributed by atoms with Crippen molar-refractivity contribution in [2.75, 3.05) is 0 Å². The second kappa shape index (κ2) is 3.53. The SMILES string of the molecule is O=c1c2ncncc2sn1-c1ccccc1. The Kier molecular flexibility index (Phi) is 2.04. The van der Waals surface area contributed by atoms with Gasteiger partial charge >= 0.3 is 0 Å². The van der Waals surface area contributed by atoms with Crippen LogP contribution in [0.5, 0.6) is 0 Å². The van der Waals surface area contributed by atoms with Crippen LogP contribution in [0.15, 0.2) is 47.7 Å². The molecule has 5 heteroatoms. The van der Waals surface area contributed by atoms with Crippen molar-refractivity contribution in [3.63, 3.8) is 0 Å². The zero-order valence-electron chi connectivity index (χ0n) is 8.20. The van der Waals surface area contributed by atoms with Gasteiger partial charge in [-0.3, -0.25) is 4.79 Å². The topological polar surface area (TPSA) is 47.8 Å². The molecule has 0 aliphatic heterocycles. The van der Waals surface area contributed by atoms with E-state index in [1.54, 1.807) is 10.2 Å². The van der Waals surface area contributed by atoms with E-state index in [1.165, 1.54) is 17.9 Å². The third-order valence-electron chi connectivity index (χ3n) is 2.25. The van der Waals surface area contributed by atoms with Crippen LogP contribution in [0.4, 0.5) is 0 Å². The highest BCUT2D eigenvalue weighted by molar-refractivity contribution is 7.14. The third kappa shape index (κ3) is 1.33. The van der Waals surface area contributed by atoms with Gasteiger partial charge in [-0.25, -0.2) is 13.9 Å². The Hall–Kier alpha value is -2.01. The van der Waals surface area contributed by atoms with Crippen molar-refractivity contribution in [2.24, 2.45) is 0 Å². The van der Waals surface area contributed by atoms with E-state index in [-0.39, 0.29) is 5.56 Å². The summed E-state index contributed by atoms with van der Waals surface area (Å²) in [7, 11) is 0. The number of aromatic nitrogens is 3. The maximum absolute atomic E-state index is 12.0. The van der Waals surface area contributed by atoms with E-state index < -0.39 is 0 Å². The van der Waals surface area contributed by atoms with E-state index in [9.17, 15) is 4.79 Å². The summed E-state index contributed by atoms with van der Waals surface area (Å²) in [6, 6.07) is 9.51. The molecule has 0 N–H and O–H groups in total. The molecule has 0 fully saturated rings. The van der Waals surface area contributed by atoms with Crippen molar-refractivity contribution in [3.05, 3.63) is 53.2 Å². The van der Waals surface area contributed by atoms with Crippen molar-refractivity contribution >= 4 is 21.7 Å². The van der Waals surface area contributed by atoms with Crippen molar-refractivity contribution in [1.29, 1.82) is 0 Å². The van der Waals surface area contributed by atoms with Crippen LogP contribution in [0.25, 0.3) is 15.9 Å². The van der Waals surface area contributed by atoms with Crippen molar-refractivity contribution in [2.45, 2.75) is 0 Å². The predicted molar refractivity (Wildman–Crippen MR) is 63.0 cm³/mol. The Balaban J connectivity index is 2.34. The maximum atomic E-state index is 12.0. The Labute approximate surface area is 95.0 Å². The lowest BCUT2D eigenvalue weighted by Gasteiger charge is -1.97. The van der Waals surface area contributed by atoms with Gasteiger partial charge in [0.1, 0.15) is 6.33 Å². The molecule has 2 aromatic heterocycles. The molecule has 0 amide bonds. The van der Waals surface area contributed by atoms with Gasteiger partial charge in [-0.05, 0) is 23.7 Å². The van der Waals surface area contributed by atoms with Gasteiger partial charge in [0.05, 0.1) is 10.4 Å². The number of fused-ring (bicyclic) bond motifs is 1. The van der Waals surface area contributed by atoms with Gasteiger partial charge in [-0.1, -0.05) is 18.2 Å². The number of para-hydroxylation sites is 1. The fourth-order valence-electron chi connectivity index (χ4n) is 1.51. The van der Waals surface area contributed by atoms with E-state index >= 15 is 0 Å². The molecule has 16 heavy (non-hydrogen) atoms. The molecular formula is C11H7N3OS. The van der Waals surface area contributed by atoms with Gasteiger partial charge in [0, 0.05) is 6.20 Å². The minimum atomic E-state index is -0.0893. The molecule has 0 bridgehead atoms. The maximum Gasteiger partial charge on any atom is 0.291 e. The lowest BCUT2D eigenvalue weighted by atomic mass is 10.3. The number of rotatable bonds is 1. The van der Waals surface area contributed by atoms with Gasteiger partial charge in [-0.2, -0.15) is 0 Å². The third-order valence-corrected chi connectivity index (χ3v) is 3.30. The van der Waals surface area contributed by atoms with Gasteiger partial charge < -0.3 is 0 Å². The summed E-state index contributed by atoms with van der Waals surface area (Å²) < 4.78 is 2.43. The van der Waals surface area contributed by atoms with E-state index in [4.69, 9.17) is 0 Å². The van der Waals surface area contributed by atoms with Gasteiger partial charge in [-0.15, -0.1) is 0 Å². The smallest absolute Gasteiger partial charge is 0.266 e. The van der Waals surface area contributed by atoms with Gasteiger partial charge in [0.15, 0.2) is 5.52 Å². The summed E-state index contributed by atoms with van der Waals surface area (Å²) in [6.45, 7) is 0. The summed E-state index contributed by atoms with van der Waals surface area (Å²) in [5.74, 6) is 0. The summed E-state index contributed by atoms with van der Waals surface area (Å²) in [5.41, 5.74) is 1.24. The van der Waals surface area contributed by atoms with Crippen LogP contribution in [0.3, 0.4) is 0 Å². The predicted octanol–water partition coefficient (Wildman–Crippen LogP) is 1.84. The molecule has 4 nitrogen and oxygen atoms in total. The zero-order chi connectivity index (χ0) is 11.0. The average molecular weight is 229 g/mol. The van der Waals surface area contributed by atoms with Crippen LogP contribution in [0, 0.1) is 0 Å². The van der Waals surface area contributed by atoms with Gasteiger partial charge in [0.25, 0.3) is 5.56 Å². The quantitative estimate of drug-likeness (QED) is 0.639. The minimum Gasteiger partial charge on any atom is -0.266 e. The monoisotopic (exact) mass is 229 g/mol. The Morgan fingerprint density at radius 1 is 1.19 bits per heavy atom. The number of benzene rings is 1. The molecule has 1 aromatic carbocycles. The minimum absolute atomic E-state index is 0.0893. The number of hydrogen-bond donors (Lipinski definition) is 0. The highest BCUT2D eigenvalue weighted by atomic mass is 32.1. The fraction of sp³-hybridized carbons (Fsp3) is 0. The van der Waals surface area contributed by atoms with Crippen LogP contribution < -0.4 is 5.56 Å². The Bertz CT molecular complexity index is 687. The van der Waals surface area contributed by atoms with E-state index in [1.807, 2.05) is 30.3 Å². The Morgan fingerprint density at radius 2 is 2.00 bits per heavy atom. The van der Waals surface area contributed by atoms with E-state index in [0.717, 1.165) is 10.4 Å². The van der Waals surface area contributed by atoms with Crippen molar-refractivity contribution in [1.82, 2.24) is 13.9 Å². The molecule has 0 atom stereocenters. The molecule has 0 aliphatic carbocycles. The summed E-state index contributed by atoms with van der Waals surface area (Å²) in [4.78, 5) is 19.9. The molecule has 78 valence electrons. The molecule has 0 saturated heterocycles.